The van der Waals surface area contributed by atoms with Gasteiger partial charge in [0.2, 0.25) is 11.8 Å². The second kappa shape index (κ2) is 9.65. The molecule has 0 aliphatic rings. The van der Waals surface area contributed by atoms with Crippen LogP contribution in [0.2, 0.25) is 0 Å². The van der Waals surface area contributed by atoms with Gasteiger partial charge in [0.1, 0.15) is 16.9 Å². The zero-order valence-corrected chi connectivity index (χ0v) is 21.7. The normalized spacial score (nSPS) is 12.2. The molecule has 0 spiro atoms. The van der Waals surface area contributed by atoms with Crippen molar-refractivity contribution in [2.45, 2.75) is 51.9 Å². The largest absolute Gasteiger partial charge is 0.462 e. The number of furan rings is 1. The number of anilines is 1. The molecule has 36 heavy (non-hydrogen) atoms. The molecule has 4 rings (SSSR count). The molecule has 0 radical (unpaired) electrons. The van der Waals surface area contributed by atoms with Crippen LogP contribution in [0.1, 0.15) is 57.0 Å². The number of aryl methyl sites for hydroxylation is 4. The molecule has 10 nitrogen and oxygen atoms in total. The molecule has 0 aliphatic carbocycles. The second-order valence-corrected chi connectivity index (χ2v) is 9.86. The Balaban J connectivity index is 1.66. The molecule has 0 bridgehead atoms. The summed E-state index contributed by atoms with van der Waals surface area (Å²) < 4.78 is 12.5. The summed E-state index contributed by atoms with van der Waals surface area (Å²) >= 11 is 1.21. The fraction of sp³-hybridized carbons (Fsp3) is 0.320. The van der Waals surface area contributed by atoms with Gasteiger partial charge in [-0.05, 0) is 64.8 Å². The highest BCUT2D eigenvalue weighted by molar-refractivity contribution is 8.00. The lowest BCUT2D eigenvalue weighted by molar-refractivity contribution is -0.115. The predicted molar refractivity (Wildman–Crippen MR) is 137 cm³/mol. The van der Waals surface area contributed by atoms with Crippen molar-refractivity contribution in [1.82, 2.24) is 14.6 Å². The first kappa shape index (κ1) is 25.2. The lowest BCUT2D eigenvalue weighted by Crippen LogP contribution is -2.25. The predicted octanol–water partition coefficient (Wildman–Crippen LogP) is 4.10. The molecule has 3 heterocycles. The third-order valence-corrected chi connectivity index (χ3v) is 6.84. The molecule has 1 aromatic carbocycles. The van der Waals surface area contributed by atoms with Gasteiger partial charge in [-0.1, -0.05) is 23.4 Å². The molecule has 4 aromatic rings. The van der Waals surface area contributed by atoms with Gasteiger partial charge in [-0.2, -0.15) is 0 Å². The van der Waals surface area contributed by atoms with E-state index >= 15 is 0 Å². The average Bonchev–Trinajstić information content (AvgIpc) is 3.33. The van der Waals surface area contributed by atoms with Crippen molar-refractivity contribution in [2.75, 3.05) is 11.9 Å². The quantitative estimate of drug-likeness (QED) is 0.280. The van der Waals surface area contributed by atoms with Crippen molar-refractivity contribution in [3.05, 3.63) is 51.8 Å². The Kier molecular flexibility index (Phi) is 6.77. The van der Waals surface area contributed by atoms with Gasteiger partial charge in [-0.15, -0.1) is 10.2 Å². The first-order valence-corrected chi connectivity index (χ1v) is 12.2. The zero-order valence-electron chi connectivity index (χ0n) is 20.9. The molecule has 188 valence electrons. The lowest BCUT2D eigenvalue weighted by atomic mass is 10.0. The van der Waals surface area contributed by atoms with Crippen LogP contribution in [-0.2, 0) is 9.53 Å². The smallest absolute Gasteiger partial charge is 0.342 e. The van der Waals surface area contributed by atoms with Gasteiger partial charge in [0, 0.05) is 5.39 Å². The van der Waals surface area contributed by atoms with Gasteiger partial charge < -0.3 is 14.9 Å². The Morgan fingerprint density at radius 2 is 1.83 bits per heavy atom. The minimum atomic E-state index is -0.915. The molecular formula is C25H27N5O5S. The van der Waals surface area contributed by atoms with Crippen molar-refractivity contribution in [3.8, 4) is 0 Å². The van der Waals surface area contributed by atoms with E-state index in [2.05, 4.69) is 27.6 Å². The number of nitrogens with one attached hydrogen (secondary N) is 1. The Morgan fingerprint density at radius 3 is 2.50 bits per heavy atom. The first-order valence-electron chi connectivity index (χ1n) is 11.4. The number of nitrogens with zero attached hydrogens (tertiary/aromatic N) is 3. The molecule has 1 unspecified atom stereocenters. The maximum Gasteiger partial charge on any atom is 0.342 e. The summed E-state index contributed by atoms with van der Waals surface area (Å²) in [6.07, 6.45) is 0. The number of hydrogen-bond acceptors (Lipinski definition) is 8. The highest BCUT2D eigenvalue weighted by Crippen LogP contribution is 2.32. The van der Waals surface area contributed by atoms with Gasteiger partial charge in [0.25, 0.3) is 5.91 Å². The van der Waals surface area contributed by atoms with Crippen LogP contribution in [0.15, 0.2) is 27.8 Å². The number of primary amides is 1. The Morgan fingerprint density at radius 1 is 1.11 bits per heavy atom. The summed E-state index contributed by atoms with van der Waals surface area (Å²) in [7, 11) is 0. The second-order valence-electron chi connectivity index (χ2n) is 8.55. The van der Waals surface area contributed by atoms with E-state index in [0.717, 1.165) is 27.6 Å². The standard InChI is InChI=1S/C25H27N5O5S/c1-7-34-24(33)18-14(5)35-23(19(18)21(26)31)27-22(32)15(6)36-25-29-28-17-10-12(3)16-9-11(2)8-13(4)20(16)30(17)25/h8-10,15H,7H2,1-6H3,(H2,26,31)(H,27,32). The number of carbonyl (C=O) groups is 3. The van der Waals surface area contributed by atoms with Crippen molar-refractivity contribution >= 4 is 52.0 Å². The maximum absolute atomic E-state index is 13.1. The Hall–Kier alpha value is -3.86. The zero-order chi connectivity index (χ0) is 26.3. The highest BCUT2D eigenvalue weighted by atomic mass is 32.2. The van der Waals surface area contributed by atoms with Gasteiger partial charge >= 0.3 is 5.97 Å². The number of aromatic nitrogens is 3. The maximum atomic E-state index is 13.1. The van der Waals surface area contributed by atoms with Crippen molar-refractivity contribution in [2.24, 2.45) is 5.73 Å². The summed E-state index contributed by atoms with van der Waals surface area (Å²) in [4.78, 5) is 37.5. The van der Waals surface area contributed by atoms with E-state index in [1.165, 1.54) is 18.7 Å². The average molecular weight is 510 g/mol. The number of pyridine rings is 1. The number of fused-ring (bicyclic) bond motifs is 3. The van der Waals surface area contributed by atoms with Crippen LogP contribution in [-0.4, -0.2) is 44.2 Å². The number of hydrogen-bond donors (Lipinski definition) is 2. The van der Waals surface area contributed by atoms with E-state index in [1.807, 2.05) is 31.2 Å². The number of nitrogens with two attached hydrogens (primary N) is 1. The lowest BCUT2D eigenvalue weighted by Gasteiger charge is -2.13. The molecule has 0 saturated heterocycles. The molecule has 0 fully saturated rings. The van der Waals surface area contributed by atoms with E-state index in [0.29, 0.717) is 10.8 Å². The van der Waals surface area contributed by atoms with E-state index < -0.39 is 23.0 Å². The van der Waals surface area contributed by atoms with Crippen LogP contribution in [0.5, 0.6) is 0 Å². The van der Waals surface area contributed by atoms with Crippen molar-refractivity contribution in [3.63, 3.8) is 0 Å². The minimum absolute atomic E-state index is 0.101. The van der Waals surface area contributed by atoms with Gasteiger partial charge in [0.05, 0.1) is 17.4 Å². The number of benzene rings is 1. The molecule has 2 amide bonds. The van der Waals surface area contributed by atoms with Crippen LogP contribution in [0.3, 0.4) is 0 Å². The van der Waals surface area contributed by atoms with E-state index in [9.17, 15) is 14.4 Å². The third kappa shape index (κ3) is 4.41. The molecule has 0 aliphatic heterocycles. The molecule has 3 N–H and O–H groups in total. The fourth-order valence-corrected chi connectivity index (χ4v) is 5.09. The first-order chi connectivity index (χ1) is 17.0. The van der Waals surface area contributed by atoms with Crippen LogP contribution < -0.4 is 11.1 Å². The van der Waals surface area contributed by atoms with Crippen LogP contribution in [0, 0.1) is 27.7 Å². The number of rotatable bonds is 7. The summed E-state index contributed by atoms with van der Waals surface area (Å²) in [5.41, 5.74) is 10.1. The topological polar surface area (TPSA) is 142 Å². The summed E-state index contributed by atoms with van der Waals surface area (Å²) in [6.45, 7) is 11.0. The summed E-state index contributed by atoms with van der Waals surface area (Å²) in [5, 5.41) is 12.2. The van der Waals surface area contributed by atoms with Crippen molar-refractivity contribution < 1.29 is 23.5 Å². The number of esters is 1. The molecule has 3 aromatic heterocycles. The number of ether oxygens (including phenoxy) is 1. The molecule has 1 atom stereocenters. The SMILES string of the molecule is CCOC(=O)c1c(C)oc(NC(=O)C(C)Sc2nnc3cc(C)c4cc(C)cc(C)c4n23)c1C(N)=O. The van der Waals surface area contributed by atoms with Crippen molar-refractivity contribution in [1.29, 1.82) is 0 Å². The van der Waals surface area contributed by atoms with Gasteiger partial charge in [-0.3, -0.25) is 19.3 Å². The van der Waals surface area contributed by atoms with E-state index in [1.54, 1.807) is 13.8 Å². The molecule has 0 saturated carbocycles. The van der Waals surface area contributed by atoms with E-state index in [4.69, 9.17) is 14.9 Å². The van der Waals surface area contributed by atoms with Crippen LogP contribution >= 0.6 is 11.8 Å². The summed E-state index contributed by atoms with van der Waals surface area (Å²) in [5.74, 6) is -2.21. The molecule has 11 heteroatoms. The van der Waals surface area contributed by atoms with Gasteiger partial charge in [0.15, 0.2) is 10.8 Å². The van der Waals surface area contributed by atoms with Crippen LogP contribution in [0.4, 0.5) is 5.88 Å². The monoisotopic (exact) mass is 509 g/mol. The van der Waals surface area contributed by atoms with Crippen LogP contribution in [0.25, 0.3) is 16.6 Å². The van der Waals surface area contributed by atoms with Gasteiger partial charge in [-0.25, -0.2) is 4.79 Å². The number of amides is 2. The number of carbonyl (C=O) groups excluding carboxylic acids is 3. The number of thioether (sulfide) groups is 1. The summed E-state index contributed by atoms with van der Waals surface area (Å²) in [6, 6.07) is 6.18. The molecular weight excluding hydrogens is 482 g/mol. The Labute approximate surface area is 211 Å². The fourth-order valence-electron chi connectivity index (χ4n) is 4.23. The Bertz CT molecular complexity index is 1540. The highest BCUT2D eigenvalue weighted by Gasteiger charge is 2.30. The minimum Gasteiger partial charge on any atom is -0.462 e. The third-order valence-electron chi connectivity index (χ3n) is 5.80. The van der Waals surface area contributed by atoms with E-state index in [-0.39, 0.29) is 29.4 Å².